The third-order valence-corrected chi connectivity index (χ3v) is 4.80. The number of fused-ring (bicyclic) bond motifs is 2. The molecule has 0 saturated heterocycles. The van der Waals surface area contributed by atoms with Gasteiger partial charge in [0.15, 0.2) is 0 Å². The van der Waals surface area contributed by atoms with Gasteiger partial charge in [0, 0.05) is 22.5 Å². The number of hydrogen-bond acceptors (Lipinski definition) is 4. The molecule has 0 aliphatic carbocycles. The largest absolute Gasteiger partial charge is 0.497 e. The highest BCUT2D eigenvalue weighted by molar-refractivity contribution is 6.09. The van der Waals surface area contributed by atoms with Crippen molar-refractivity contribution in [1.82, 2.24) is 15.2 Å². The van der Waals surface area contributed by atoms with E-state index in [1.54, 1.807) is 18.3 Å². The molecule has 7 nitrogen and oxygen atoms in total. The zero-order valence-electron chi connectivity index (χ0n) is 16.4. The molecule has 5 N–H and O–H groups in total. The first kappa shape index (κ1) is 19.1. The van der Waals surface area contributed by atoms with Crippen LogP contribution >= 0.6 is 0 Å². The van der Waals surface area contributed by atoms with Crippen LogP contribution in [0.25, 0.3) is 32.9 Å². The fourth-order valence-corrected chi connectivity index (χ4v) is 3.24. The van der Waals surface area contributed by atoms with Gasteiger partial charge < -0.3 is 20.8 Å². The second-order valence-electron chi connectivity index (χ2n) is 6.71. The van der Waals surface area contributed by atoms with Crippen molar-refractivity contribution in [1.29, 1.82) is 0 Å². The average molecular weight is 399 g/mol. The van der Waals surface area contributed by atoms with Crippen LogP contribution in [0.3, 0.4) is 0 Å². The summed E-state index contributed by atoms with van der Waals surface area (Å²) in [6.45, 7) is 3.67. The summed E-state index contributed by atoms with van der Waals surface area (Å²) in [6, 6.07) is 12.0. The van der Waals surface area contributed by atoms with E-state index < -0.39 is 5.91 Å². The monoisotopic (exact) mass is 399 g/mol. The summed E-state index contributed by atoms with van der Waals surface area (Å²) in [5.41, 5.74) is 10.5. The van der Waals surface area contributed by atoms with Crippen molar-refractivity contribution in [3.05, 3.63) is 85.1 Å². The number of carbonyl (C=O) groups excluding carboxylic acids is 1. The molecule has 150 valence electrons. The smallest absolute Gasteiger partial charge is 0.271 e. The Morgan fingerprint density at radius 1 is 1.23 bits per heavy atom. The first-order valence-corrected chi connectivity index (χ1v) is 9.28. The molecule has 30 heavy (non-hydrogen) atoms. The lowest BCUT2D eigenvalue weighted by Gasteiger charge is -2.10. The Hall–Kier alpha value is -4.26. The standard InChI is InChI=1S/C23H21N5O2/c1-14(30-2)5-3-7-19(24)23(29)27-21-11-15(12-22-18(21)13-26-28-22)16-6-4-8-20-17(16)9-10-25-20/h3-13,25H,1,24H2,2H3,(H,26,28)(H,27,29)/b5-3-,19-7-. The Morgan fingerprint density at radius 2 is 2.10 bits per heavy atom. The molecule has 2 aromatic carbocycles. The quantitative estimate of drug-likeness (QED) is 0.221. The topological polar surface area (TPSA) is 109 Å². The highest BCUT2D eigenvalue weighted by Gasteiger charge is 2.13. The zero-order valence-corrected chi connectivity index (χ0v) is 16.4. The predicted octanol–water partition coefficient (Wildman–Crippen LogP) is 4.21. The molecule has 0 atom stereocenters. The van der Waals surface area contributed by atoms with Crippen LogP contribution < -0.4 is 11.1 Å². The number of allylic oxidation sites excluding steroid dienone is 3. The van der Waals surface area contributed by atoms with Gasteiger partial charge in [-0.25, -0.2) is 0 Å². The molecule has 0 radical (unpaired) electrons. The summed E-state index contributed by atoms with van der Waals surface area (Å²) in [5, 5.41) is 11.9. The van der Waals surface area contributed by atoms with Gasteiger partial charge >= 0.3 is 0 Å². The Bertz CT molecular complexity index is 1310. The van der Waals surface area contributed by atoms with Gasteiger partial charge in [-0.15, -0.1) is 0 Å². The normalized spacial score (nSPS) is 12.0. The van der Waals surface area contributed by atoms with Crippen molar-refractivity contribution in [3.63, 3.8) is 0 Å². The summed E-state index contributed by atoms with van der Waals surface area (Å²) in [4.78, 5) is 15.8. The fourth-order valence-electron chi connectivity index (χ4n) is 3.24. The molecule has 2 heterocycles. The van der Waals surface area contributed by atoms with Crippen molar-refractivity contribution >= 4 is 33.4 Å². The van der Waals surface area contributed by atoms with E-state index in [9.17, 15) is 4.79 Å². The molecule has 1 amide bonds. The number of anilines is 1. The van der Waals surface area contributed by atoms with Gasteiger partial charge in [0.05, 0.1) is 30.2 Å². The zero-order chi connectivity index (χ0) is 21.1. The molecular formula is C23H21N5O2. The van der Waals surface area contributed by atoms with Crippen molar-refractivity contribution in [2.24, 2.45) is 5.73 Å². The number of nitrogens with two attached hydrogens (primary N) is 1. The van der Waals surface area contributed by atoms with E-state index in [0.717, 1.165) is 32.9 Å². The highest BCUT2D eigenvalue weighted by atomic mass is 16.5. The van der Waals surface area contributed by atoms with Crippen LogP contribution in [0.1, 0.15) is 0 Å². The molecule has 0 fully saturated rings. The van der Waals surface area contributed by atoms with Crippen molar-refractivity contribution < 1.29 is 9.53 Å². The summed E-state index contributed by atoms with van der Waals surface area (Å²) in [7, 11) is 1.52. The number of carbonyl (C=O) groups is 1. The van der Waals surface area contributed by atoms with Crippen molar-refractivity contribution in [2.75, 3.05) is 12.4 Å². The van der Waals surface area contributed by atoms with Gasteiger partial charge in [-0.05, 0) is 47.5 Å². The Balaban J connectivity index is 1.69. The minimum atomic E-state index is -0.415. The Labute approximate surface area is 172 Å². The Morgan fingerprint density at radius 3 is 2.93 bits per heavy atom. The number of amides is 1. The van der Waals surface area contributed by atoms with Crippen LogP contribution in [0.5, 0.6) is 0 Å². The molecule has 7 heteroatoms. The number of ether oxygens (including phenoxy) is 1. The number of methoxy groups -OCH3 is 1. The molecular weight excluding hydrogens is 378 g/mol. The number of H-pyrrole nitrogens is 2. The number of aromatic amines is 2. The molecule has 0 aliphatic rings. The minimum absolute atomic E-state index is 0.0601. The Kier molecular flexibility index (Phi) is 5.09. The van der Waals surface area contributed by atoms with Gasteiger partial charge in [0.25, 0.3) is 5.91 Å². The maximum absolute atomic E-state index is 12.6. The second kappa shape index (κ2) is 8.00. The maximum atomic E-state index is 12.6. The first-order chi connectivity index (χ1) is 14.6. The van der Waals surface area contributed by atoms with Crippen LogP contribution in [-0.2, 0) is 9.53 Å². The van der Waals surface area contributed by atoms with Gasteiger partial charge in [-0.1, -0.05) is 24.8 Å². The van der Waals surface area contributed by atoms with Gasteiger partial charge in [0.1, 0.15) is 5.76 Å². The van der Waals surface area contributed by atoms with Crippen LogP contribution in [0.15, 0.2) is 85.1 Å². The predicted molar refractivity (Wildman–Crippen MR) is 120 cm³/mol. The summed E-state index contributed by atoms with van der Waals surface area (Å²) < 4.78 is 4.94. The van der Waals surface area contributed by atoms with E-state index in [4.69, 9.17) is 10.5 Å². The van der Waals surface area contributed by atoms with E-state index >= 15 is 0 Å². The van der Waals surface area contributed by atoms with Crippen molar-refractivity contribution in [3.8, 4) is 11.1 Å². The van der Waals surface area contributed by atoms with Crippen LogP contribution in [0, 0.1) is 0 Å². The molecule has 4 rings (SSSR count). The van der Waals surface area contributed by atoms with E-state index in [1.807, 2.05) is 42.6 Å². The molecule has 2 aromatic heterocycles. The second-order valence-corrected chi connectivity index (χ2v) is 6.71. The molecule has 0 unspecified atom stereocenters. The number of nitrogens with zero attached hydrogens (tertiary/aromatic N) is 1. The fraction of sp³-hybridized carbons (Fsp3) is 0.0435. The molecule has 4 aromatic rings. The number of aromatic nitrogens is 3. The van der Waals surface area contributed by atoms with Gasteiger partial charge in [-0.2, -0.15) is 5.10 Å². The summed E-state index contributed by atoms with van der Waals surface area (Å²) in [5.74, 6) is 0.0494. The lowest BCUT2D eigenvalue weighted by Crippen LogP contribution is -2.20. The average Bonchev–Trinajstić information content (AvgIpc) is 3.42. The lowest BCUT2D eigenvalue weighted by atomic mass is 9.99. The minimum Gasteiger partial charge on any atom is -0.497 e. The maximum Gasteiger partial charge on any atom is 0.271 e. The highest BCUT2D eigenvalue weighted by Crippen LogP contribution is 2.33. The van der Waals surface area contributed by atoms with Crippen molar-refractivity contribution in [2.45, 2.75) is 0 Å². The summed E-state index contributed by atoms with van der Waals surface area (Å²) in [6.07, 6.45) is 8.30. The van der Waals surface area contributed by atoms with E-state index in [0.29, 0.717) is 11.4 Å². The van der Waals surface area contributed by atoms with E-state index in [2.05, 4.69) is 27.1 Å². The number of nitrogens with one attached hydrogen (secondary N) is 3. The molecule has 0 bridgehead atoms. The van der Waals surface area contributed by atoms with Crippen LogP contribution in [-0.4, -0.2) is 28.2 Å². The molecule has 0 saturated carbocycles. The number of rotatable bonds is 6. The van der Waals surface area contributed by atoms with Gasteiger partial charge in [0.2, 0.25) is 0 Å². The molecule has 0 spiro atoms. The molecule has 0 aliphatic heterocycles. The number of hydrogen-bond donors (Lipinski definition) is 4. The lowest BCUT2D eigenvalue weighted by molar-refractivity contribution is -0.112. The van der Waals surface area contributed by atoms with Crippen LogP contribution in [0.2, 0.25) is 0 Å². The third kappa shape index (κ3) is 3.68. The van der Waals surface area contributed by atoms with E-state index in [-0.39, 0.29) is 5.70 Å². The van der Waals surface area contributed by atoms with Crippen LogP contribution in [0.4, 0.5) is 5.69 Å². The third-order valence-electron chi connectivity index (χ3n) is 4.80. The summed E-state index contributed by atoms with van der Waals surface area (Å²) >= 11 is 0. The first-order valence-electron chi connectivity index (χ1n) is 9.28. The number of benzene rings is 2. The van der Waals surface area contributed by atoms with E-state index in [1.165, 1.54) is 13.2 Å². The van der Waals surface area contributed by atoms with Gasteiger partial charge in [-0.3, -0.25) is 9.89 Å². The SMILES string of the molecule is C=C(/C=C\C=C(/N)C(=O)Nc1cc(-c2cccc3[nH]ccc23)cc2[nH]ncc12)OC.